The number of nitrogens with one attached hydrogen (secondary N) is 1. The summed E-state index contributed by atoms with van der Waals surface area (Å²) in [5.41, 5.74) is 2.02. The third kappa shape index (κ3) is 4.16. The van der Waals surface area contributed by atoms with E-state index in [0.717, 1.165) is 18.5 Å². The summed E-state index contributed by atoms with van der Waals surface area (Å²) < 4.78 is 13.1. The summed E-state index contributed by atoms with van der Waals surface area (Å²) in [7, 11) is 0. The minimum Gasteiger partial charge on any atom is -0.394 e. The van der Waals surface area contributed by atoms with E-state index in [1.54, 1.807) is 6.07 Å². The molecule has 1 atom stereocenters. The van der Waals surface area contributed by atoms with Crippen LogP contribution in [0, 0.1) is 5.82 Å². The smallest absolute Gasteiger partial charge is 0.123 e. The van der Waals surface area contributed by atoms with Gasteiger partial charge >= 0.3 is 0 Å². The maximum Gasteiger partial charge on any atom is 0.123 e. The van der Waals surface area contributed by atoms with E-state index < -0.39 is 0 Å². The molecule has 100 valence electrons. The fourth-order valence-corrected chi connectivity index (χ4v) is 2.05. The summed E-state index contributed by atoms with van der Waals surface area (Å²) in [6.45, 7) is 0.698. The lowest BCUT2D eigenvalue weighted by Gasteiger charge is -2.16. The molecule has 0 amide bonds. The van der Waals surface area contributed by atoms with Gasteiger partial charge in [-0.2, -0.15) is 0 Å². The van der Waals surface area contributed by atoms with Crippen LogP contribution in [0.15, 0.2) is 54.6 Å². The van der Waals surface area contributed by atoms with Crippen molar-refractivity contribution in [1.29, 1.82) is 0 Å². The van der Waals surface area contributed by atoms with Crippen molar-refractivity contribution in [1.82, 2.24) is 5.32 Å². The van der Waals surface area contributed by atoms with Gasteiger partial charge in [0.15, 0.2) is 0 Å². The Hall–Kier alpha value is -1.71. The van der Waals surface area contributed by atoms with E-state index in [4.69, 9.17) is 0 Å². The van der Waals surface area contributed by atoms with Crippen LogP contribution in [0.25, 0.3) is 0 Å². The van der Waals surface area contributed by atoms with Crippen molar-refractivity contribution in [3.05, 3.63) is 71.5 Å². The maximum atomic E-state index is 13.1. The molecule has 0 unspecified atom stereocenters. The predicted octanol–water partition coefficient (Wildman–Crippen LogP) is 2.69. The molecule has 0 aliphatic rings. The molecule has 0 radical (unpaired) electrons. The monoisotopic (exact) mass is 259 g/mol. The summed E-state index contributed by atoms with van der Waals surface area (Å²) >= 11 is 0. The average Bonchev–Trinajstić information content (AvgIpc) is 2.45. The largest absolute Gasteiger partial charge is 0.394 e. The number of aliphatic hydroxyl groups excluding tert-OH is 1. The first-order valence-electron chi connectivity index (χ1n) is 6.43. The van der Waals surface area contributed by atoms with Gasteiger partial charge in [-0.1, -0.05) is 42.5 Å². The highest BCUT2D eigenvalue weighted by molar-refractivity contribution is 5.20. The van der Waals surface area contributed by atoms with Crippen LogP contribution in [-0.4, -0.2) is 18.3 Å². The van der Waals surface area contributed by atoms with E-state index in [-0.39, 0.29) is 18.5 Å². The Bertz CT molecular complexity index is 501. The molecular weight excluding hydrogens is 241 g/mol. The fraction of sp³-hybridized carbons (Fsp3) is 0.250. The molecule has 0 spiro atoms. The van der Waals surface area contributed by atoms with Gasteiger partial charge in [-0.05, 0) is 36.2 Å². The minimum absolute atomic E-state index is 0.0434. The third-order valence-electron chi connectivity index (χ3n) is 3.08. The molecule has 0 fully saturated rings. The number of benzene rings is 2. The maximum absolute atomic E-state index is 13.1. The van der Waals surface area contributed by atoms with Crippen molar-refractivity contribution in [3.63, 3.8) is 0 Å². The van der Waals surface area contributed by atoms with Gasteiger partial charge in [0, 0.05) is 0 Å². The number of halogens is 1. The van der Waals surface area contributed by atoms with Gasteiger partial charge in [-0.3, -0.25) is 0 Å². The second-order valence-electron chi connectivity index (χ2n) is 4.48. The average molecular weight is 259 g/mol. The predicted molar refractivity (Wildman–Crippen MR) is 74.4 cm³/mol. The molecule has 2 nitrogen and oxygen atoms in total. The highest BCUT2D eigenvalue weighted by Crippen LogP contribution is 2.13. The van der Waals surface area contributed by atoms with E-state index in [2.05, 4.69) is 17.4 Å². The Morgan fingerprint density at radius 2 is 1.84 bits per heavy atom. The molecule has 0 bridgehead atoms. The van der Waals surface area contributed by atoms with Gasteiger partial charge in [0.05, 0.1) is 12.6 Å². The summed E-state index contributed by atoms with van der Waals surface area (Å²) in [4.78, 5) is 0. The van der Waals surface area contributed by atoms with Gasteiger partial charge in [-0.25, -0.2) is 4.39 Å². The molecule has 2 aromatic carbocycles. The molecule has 2 N–H and O–H groups in total. The zero-order valence-electron chi connectivity index (χ0n) is 10.7. The Balaban J connectivity index is 1.89. The lowest BCUT2D eigenvalue weighted by molar-refractivity contribution is 0.245. The van der Waals surface area contributed by atoms with E-state index in [1.807, 2.05) is 24.3 Å². The van der Waals surface area contributed by atoms with Crippen LogP contribution in [-0.2, 0) is 6.42 Å². The fourth-order valence-electron chi connectivity index (χ4n) is 2.05. The molecule has 2 aromatic rings. The van der Waals surface area contributed by atoms with Gasteiger partial charge < -0.3 is 10.4 Å². The number of hydrogen-bond acceptors (Lipinski definition) is 2. The molecule has 0 saturated carbocycles. The molecule has 0 heterocycles. The molecule has 3 heteroatoms. The van der Waals surface area contributed by atoms with Crippen LogP contribution < -0.4 is 5.32 Å². The van der Waals surface area contributed by atoms with Gasteiger partial charge in [0.1, 0.15) is 5.82 Å². The first-order valence-corrected chi connectivity index (χ1v) is 6.43. The highest BCUT2D eigenvalue weighted by Gasteiger charge is 2.09. The van der Waals surface area contributed by atoms with Crippen LogP contribution in [0.1, 0.15) is 17.2 Å². The molecule has 0 aliphatic heterocycles. The Morgan fingerprint density at radius 3 is 2.53 bits per heavy atom. The van der Waals surface area contributed by atoms with E-state index in [9.17, 15) is 9.50 Å². The molecule has 0 aliphatic carbocycles. The normalized spacial score (nSPS) is 12.3. The second kappa shape index (κ2) is 7.02. The third-order valence-corrected chi connectivity index (χ3v) is 3.08. The summed E-state index contributed by atoms with van der Waals surface area (Å²) in [6, 6.07) is 16.2. The number of rotatable bonds is 6. The van der Waals surface area contributed by atoms with E-state index in [1.165, 1.54) is 17.7 Å². The van der Waals surface area contributed by atoms with Gasteiger partial charge in [0.2, 0.25) is 0 Å². The summed E-state index contributed by atoms with van der Waals surface area (Å²) in [6.07, 6.45) is 0.882. The SMILES string of the molecule is OC[C@@H](NCCc1ccccc1)c1cccc(F)c1. The van der Waals surface area contributed by atoms with Gasteiger partial charge in [0.25, 0.3) is 0 Å². The van der Waals surface area contributed by atoms with Crippen molar-refractivity contribution < 1.29 is 9.50 Å². The number of aliphatic hydroxyl groups is 1. The first-order chi connectivity index (χ1) is 9.29. The van der Waals surface area contributed by atoms with Crippen LogP contribution in [0.3, 0.4) is 0 Å². The Morgan fingerprint density at radius 1 is 1.05 bits per heavy atom. The van der Waals surface area contributed by atoms with Crippen molar-refractivity contribution in [2.75, 3.05) is 13.2 Å². The van der Waals surface area contributed by atoms with Crippen LogP contribution in [0.2, 0.25) is 0 Å². The number of hydrogen-bond donors (Lipinski definition) is 2. The highest BCUT2D eigenvalue weighted by atomic mass is 19.1. The van der Waals surface area contributed by atoms with Crippen molar-refractivity contribution in [2.24, 2.45) is 0 Å². The van der Waals surface area contributed by atoms with Crippen molar-refractivity contribution in [2.45, 2.75) is 12.5 Å². The molecular formula is C16H18FNO. The Kier molecular flexibility index (Phi) is 5.07. The van der Waals surface area contributed by atoms with Crippen LogP contribution in [0.5, 0.6) is 0 Å². The summed E-state index contributed by atoms with van der Waals surface area (Å²) in [5.74, 6) is -0.277. The van der Waals surface area contributed by atoms with Crippen molar-refractivity contribution in [3.8, 4) is 0 Å². The Labute approximate surface area is 112 Å². The lowest BCUT2D eigenvalue weighted by atomic mass is 10.1. The van der Waals surface area contributed by atoms with E-state index in [0.29, 0.717) is 0 Å². The molecule has 2 rings (SSSR count). The van der Waals surface area contributed by atoms with Crippen LogP contribution >= 0.6 is 0 Å². The standard InChI is InChI=1S/C16H18FNO/c17-15-8-4-7-14(11-15)16(12-19)18-10-9-13-5-2-1-3-6-13/h1-8,11,16,18-19H,9-10,12H2/t16-/m1/s1. The van der Waals surface area contributed by atoms with Gasteiger partial charge in [-0.15, -0.1) is 0 Å². The molecule has 19 heavy (non-hydrogen) atoms. The topological polar surface area (TPSA) is 32.3 Å². The minimum atomic E-state index is -0.277. The zero-order valence-corrected chi connectivity index (χ0v) is 10.7. The van der Waals surface area contributed by atoms with Crippen LogP contribution in [0.4, 0.5) is 4.39 Å². The van der Waals surface area contributed by atoms with E-state index >= 15 is 0 Å². The zero-order chi connectivity index (χ0) is 13.5. The summed E-state index contributed by atoms with van der Waals surface area (Å²) in [5, 5.41) is 12.6. The molecule has 0 saturated heterocycles. The first kappa shape index (κ1) is 13.7. The lowest BCUT2D eigenvalue weighted by Crippen LogP contribution is -2.26. The second-order valence-corrected chi connectivity index (χ2v) is 4.48. The van der Waals surface area contributed by atoms with Crippen molar-refractivity contribution >= 4 is 0 Å². The molecule has 0 aromatic heterocycles. The quantitative estimate of drug-likeness (QED) is 0.836.